The van der Waals surface area contributed by atoms with E-state index in [0.29, 0.717) is 0 Å². The molecule has 0 aromatic rings. The van der Waals surface area contributed by atoms with Gasteiger partial charge in [-0.25, -0.2) is 0 Å². The Morgan fingerprint density at radius 1 is 1.50 bits per heavy atom. The van der Waals surface area contributed by atoms with E-state index in [-0.39, 0.29) is 0 Å². The van der Waals surface area contributed by atoms with Crippen LogP contribution in [-0.2, 0) is 4.18 Å². The van der Waals surface area contributed by atoms with Crippen LogP contribution in [0.3, 0.4) is 0 Å². The highest BCUT2D eigenvalue weighted by molar-refractivity contribution is 14.2. The lowest BCUT2D eigenvalue weighted by Crippen LogP contribution is -2.11. The number of hydrogen-bond acceptors (Lipinski definition) is 2. The van der Waals surface area contributed by atoms with Gasteiger partial charge in [-0.05, 0) is 37.0 Å². The molecule has 2 rings (SSSR count). The zero-order chi connectivity index (χ0) is 8.44. The first-order valence-corrected chi connectivity index (χ1v) is 8.06. The second-order valence-corrected chi connectivity index (χ2v) is 5.58. The molecule has 2 aliphatic carbocycles. The minimum Gasteiger partial charge on any atom is -0.305 e. The van der Waals surface area contributed by atoms with E-state index in [1.54, 1.807) is 0 Å². The molecule has 0 aliphatic heterocycles. The largest absolute Gasteiger partial charge is 0.305 e. The van der Waals surface area contributed by atoms with E-state index in [1.807, 2.05) is 0 Å². The monoisotopic (exact) mass is 298 g/mol. The number of rotatable bonds is 4. The molecule has 2 aliphatic rings. The van der Waals surface area contributed by atoms with Gasteiger partial charge in [-0.3, -0.25) is 0 Å². The molecule has 2 fully saturated rings. The van der Waals surface area contributed by atoms with Crippen molar-refractivity contribution in [2.24, 2.45) is 11.3 Å². The van der Waals surface area contributed by atoms with E-state index < -0.39 is 0 Å². The summed E-state index contributed by atoms with van der Waals surface area (Å²) < 4.78 is 5.33. The van der Waals surface area contributed by atoms with Crippen LogP contribution >= 0.6 is 30.4 Å². The summed E-state index contributed by atoms with van der Waals surface area (Å²) in [5.74, 6) is 1.08. The number of halogens is 1. The topological polar surface area (TPSA) is 9.23 Å². The van der Waals surface area contributed by atoms with E-state index in [2.05, 4.69) is 21.2 Å². The second-order valence-electron chi connectivity index (χ2n) is 4.14. The van der Waals surface area contributed by atoms with Gasteiger partial charge in [-0.15, -0.1) is 0 Å². The average molecular weight is 298 g/mol. The maximum atomic E-state index is 5.33. The lowest BCUT2D eigenvalue weighted by molar-refractivity contribution is 0.255. The Bertz CT molecular complexity index is 165. The van der Waals surface area contributed by atoms with Gasteiger partial charge in [-0.1, -0.05) is 12.8 Å². The quantitative estimate of drug-likeness (QED) is 0.441. The van der Waals surface area contributed by atoms with Crippen LogP contribution in [0, 0.1) is 11.3 Å². The fourth-order valence-corrected chi connectivity index (χ4v) is 3.41. The van der Waals surface area contributed by atoms with E-state index in [4.69, 9.17) is 4.18 Å². The van der Waals surface area contributed by atoms with Crippen LogP contribution in [0.5, 0.6) is 0 Å². The highest BCUT2D eigenvalue weighted by Crippen LogP contribution is 2.63. The normalized spacial score (nSPS) is 39.2. The molecule has 0 amide bonds. The Hall–Kier alpha value is 1.04. The molecule has 1 nitrogen and oxygen atoms in total. The minimum atomic E-state index is 0.755. The third kappa shape index (κ3) is 1.93. The van der Waals surface area contributed by atoms with Crippen molar-refractivity contribution in [1.29, 1.82) is 0 Å². The maximum absolute atomic E-state index is 5.33. The van der Waals surface area contributed by atoms with Crippen molar-refractivity contribution >= 4 is 30.4 Å². The first-order valence-electron chi connectivity index (χ1n) is 4.78. The first kappa shape index (κ1) is 9.59. The summed E-state index contributed by atoms with van der Waals surface area (Å²) in [6.45, 7) is 0.962. The highest BCUT2D eigenvalue weighted by Gasteiger charge is 2.53. The van der Waals surface area contributed by atoms with Crippen molar-refractivity contribution in [3.8, 4) is 0 Å². The Balaban J connectivity index is 1.73. The molecule has 0 unspecified atom stereocenters. The molecule has 0 N–H and O–H groups in total. The van der Waals surface area contributed by atoms with Crippen molar-refractivity contribution in [3.63, 3.8) is 0 Å². The van der Waals surface area contributed by atoms with Gasteiger partial charge in [-0.2, -0.15) is 0 Å². The van der Waals surface area contributed by atoms with Gasteiger partial charge < -0.3 is 4.18 Å². The number of fused-ring (bicyclic) bond motifs is 1. The van der Waals surface area contributed by atoms with Gasteiger partial charge in [0.15, 0.2) is 0 Å². The fraction of sp³-hybridized carbons (Fsp3) is 1.00. The summed E-state index contributed by atoms with van der Waals surface area (Å²) in [6.07, 6.45) is 8.74. The molecule has 0 aromatic carbocycles. The van der Waals surface area contributed by atoms with Crippen LogP contribution in [0.25, 0.3) is 0 Å². The van der Waals surface area contributed by atoms with Crippen LogP contribution < -0.4 is 0 Å². The van der Waals surface area contributed by atoms with Crippen molar-refractivity contribution in [3.05, 3.63) is 0 Å². The summed E-state index contributed by atoms with van der Waals surface area (Å²) in [7, 11) is 1.48. The van der Waals surface area contributed by atoms with Crippen LogP contribution in [0.15, 0.2) is 0 Å². The molecule has 2 saturated carbocycles. The summed E-state index contributed by atoms with van der Waals surface area (Å²) >= 11 is 2.19. The summed E-state index contributed by atoms with van der Waals surface area (Å²) in [6, 6.07) is 0. The van der Waals surface area contributed by atoms with Gasteiger partial charge >= 0.3 is 0 Å². The molecule has 0 heterocycles. The van der Waals surface area contributed by atoms with E-state index in [0.717, 1.165) is 17.9 Å². The Kier molecular flexibility index (Phi) is 3.23. The Morgan fingerprint density at radius 2 is 2.42 bits per heavy atom. The zero-order valence-corrected chi connectivity index (χ0v) is 10.2. The molecule has 3 heteroatoms. The third-order valence-electron chi connectivity index (χ3n) is 3.56. The van der Waals surface area contributed by atoms with Crippen molar-refractivity contribution in [2.45, 2.75) is 38.5 Å². The van der Waals surface area contributed by atoms with E-state index >= 15 is 0 Å². The lowest BCUT2D eigenvalue weighted by atomic mass is 9.86. The molecular weight excluding hydrogens is 283 g/mol. The number of hydrogen-bond donors (Lipinski definition) is 0. The SMILES string of the molecule is ISOCC[C@@]12CCCC[C@@H]1C2. The minimum absolute atomic E-state index is 0.755. The molecule has 12 heavy (non-hydrogen) atoms. The summed E-state index contributed by atoms with van der Waals surface area (Å²) in [4.78, 5) is 0. The van der Waals surface area contributed by atoms with E-state index in [9.17, 15) is 0 Å². The molecular formula is C9H15IOS. The molecule has 0 radical (unpaired) electrons. The van der Waals surface area contributed by atoms with Crippen LogP contribution in [0.2, 0.25) is 0 Å². The predicted octanol–water partition coefficient (Wildman–Crippen LogP) is 3.97. The lowest BCUT2D eigenvalue weighted by Gasteiger charge is -2.20. The summed E-state index contributed by atoms with van der Waals surface area (Å²) in [5, 5.41) is 0. The molecule has 0 aromatic heterocycles. The fourth-order valence-electron chi connectivity index (χ4n) is 2.72. The van der Waals surface area contributed by atoms with Gasteiger partial charge in [0, 0.05) is 21.2 Å². The molecule has 0 bridgehead atoms. The molecule has 0 saturated heterocycles. The van der Waals surface area contributed by atoms with Crippen LogP contribution in [-0.4, -0.2) is 6.61 Å². The van der Waals surface area contributed by atoms with Crippen molar-refractivity contribution in [2.75, 3.05) is 6.61 Å². The van der Waals surface area contributed by atoms with Crippen molar-refractivity contribution < 1.29 is 4.18 Å². The van der Waals surface area contributed by atoms with Crippen LogP contribution in [0.4, 0.5) is 0 Å². The standard InChI is InChI=1S/C9H15IOS/c10-12-11-6-5-9-4-2-1-3-8(9)7-9/h8H,1-7H2/t8-,9-/m1/s1. The van der Waals surface area contributed by atoms with Gasteiger partial charge in [0.05, 0.1) is 15.8 Å². The molecule has 0 spiro atoms. The van der Waals surface area contributed by atoms with Gasteiger partial charge in [0.1, 0.15) is 0 Å². The Morgan fingerprint density at radius 3 is 3.17 bits per heavy atom. The first-order chi connectivity index (χ1) is 5.87. The van der Waals surface area contributed by atoms with E-state index in [1.165, 1.54) is 47.7 Å². The van der Waals surface area contributed by atoms with Crippen LogP contribution in [0.1, 0.15) is 38.5 Å². The average Bonchev–Trinajstić information content (AvgIpc) is 2.79. The molecule has 70 valence electrons. The Labute approximate surface area is 90.8 Å². The smallest absolute Gasteiger partial charge is 0.0650 e. The maximum Gasteiger partial charge on any atom is 0.0650 e. The van der Waals surface area contributed by atoms with Gasteiger partial charge in [0.25, 0.3) is 0 Å². The molecule has 2 atom stereocenters. The summed E-state index contributed by atoms with van der Waals surface area (Å²) in [5.41, 5.74) is 0.755. The second kappa shape index (κ2) is 4.05. The van der Waals surface area contributed by atoms with Gasteiger partial charge in [0.2, 0.25) is 0 Å². The highest BCUT2D eigenvalue weighted by atomic mass is 127. The predicted molar refractivity (Wildman–Crippen MR) is 61.2 cm³/mol. The van der Waals surface area contributed by atoms with Crippen molar-refractivity contribution in [1.82, 2.24) is 0 Å². The third-order valence-corrected chi connectivity index (χ3v) is 4.58. The zero-order valence-electron chi connectivity index (χ0n) is 7.22.